The van der Waals surface area contributed by atoms with E-state index in [9.17, 15) is 9.18 Å². The molecular weight excluding hydrogens is 463 g/mol. The fourth-order valence-corrected chi connectivity index (χ4v) is 5.15. The van der Waals surface area contributed by atoms with Gasteiger partial charge in [-0.25, -0.2) is 4.39 Å². The molecule has 1 N–H and O–H groups in total. The van der Waals surface area contributed by atoms with Crippen molar-refractivity contribution in [2.75, 3.05) is 13.2 Å². The monoisotopic (exact) mass is 510 g/mol. The molecule has 0 unspecified atom stereocenters. The number of aryl methyl sites for hydroxylation is 2. The fraction of sp³-hybridized carbons (Fsp3) is 0.545. The van der Waals surface area contributed by atoms with Crippen molar-refractivity contribution in [2.45, 2.75) is 90.9 Å². The van der Waals surface area contributed by atoms with Crippen molar-refractivity contribution in [1.82, 2.24) is 0 Å². The van der Waals surface area contributed by atoms with E-state index in [1.165, 1.54) is 76.4 Å². The summed E-state index contributed by atoms with van der Waals surface area (Å²) < 4.78 is 19.9. The zero-order valence-corrected chi connectivity index (χ0v) is 23.0. The Morgan fingerprint density at radius 3 is 2.16 bits per heavy atom. The van der Waals surface area contributed by atoms with Gasteiger partial charge in [0.05, 0.1) is 13.2 Å². The standard InChI is InChI=1S/C30H41FO2.C3H6O/c1-3-4-5-7-24-9-11-26(12-10-24)13-14-27-17-20-29(30(31)22-27)28-18-15-25(16-19-28)8-6-21-33-23(2)32;1-2-3-4/h15-20,22,24,26H,3-14,21H2,1-2H3;2,4H,1,3H2. The van der Waals surface area contributed by atoms with Crippen molar-refractivity contribution in [3.63, 3.8) is 0 Å². The van der Waals surface area contributed by atoms with Gasteiger partial charge in [-0.2, -0.15) is 0 Å². The molecule has 0 heterocycles. The zero-order valence-electron chi connectivity index (χ0n) is 23.0. The van der Waals surface area contributed by atoms with E-state index in [-0.39, 0.29) is 18.4 Å². The van der Waals surface area contributed by atoms with E-state index in [1.807, 2.05) is 30.3 Å². The molecule has 204 valence electrons. The highest BCUT2D eigenvalue weighted by atomic mass is 19.1. The van der Waals surface area contributed by atoms with E-state index in [2.05, 4.69) is 19.6 Å². The first kappa shape index (κ1) is 30.8. The minimum atomic E-state index is -0.241. The summed E-state index contributed by atoms with van der Waals surface area (Å²) in [6.07, 6.45) is 16.2. The quantitative estimate of drug-likeness (QED) is 0.167. The molecule has 0 spiro atoms. The van der Waals surface area contributed by atoms with Crippen molar-refractivity contribution < 1.29 is 19.0 Å². The molecule has 1 fully saturated rings. The predicted molar refractivity (Wildman–Crippen MR) is 152 cm³/mol. The number of hydrogen-bond acceptors (Lipinski definition) is 3. The van der Waals surface area contributed by atoms with Gasteiger partial charge in [0.25, 0.3) is 0 Å². The van der Waals surface area contributed by atoms with Crippen LogP contribution in [0.1, 0.15) is 89.2 Å². The van der Waals surface area contributed by atoms with Gasteiger partial charge in [0.2, 0.25) is 0 Å². The number of hydrogen-bond donors (Lipinski definition) is 1. The van der Waals surface area contributed by atoms with Gasteiger partial charge in [-0.15, -0.1) is 6.58 Å². The van der Waals surface area contributed by atoms with Crippen molar-refractivity contribution in [1.29, 1.82) is 0 Å². The lowest BCUT2D eigenvalue weighted by Gasteiger charge is -2.28. The third-order valence-corrected chi connectivity index (χ3v) is 7.37. The smallest absolute Gasteiger partial charge is 0.302 e. The Morgan fingerprint density at radius 2 is 1.59 bits per heavy atom. The molecule has 0 aliphatic heterocycles. The maximum atomic E-state index is 14.9. The van der Waals surface area contributed by atoms with Crippen LogP contribution in [0.5, 0.6) is 0 Å². The first-order valence-electron chi connectivity index (χ1n) is 14.2. The largest absolute Gasteiger partial charge is 0.466 e. The Hall–Kier alpha value is -2.46. The Kier molecular flexibility index (Phi) is 14.9. The van der Waals surface area contributed by atoms with Crippen LogP contribution in [0.2, 0.25) is 0 Å². The summed E-state index contributed by atoms with van der Waals surface area (Å²) in [6.45, 7) is 7.45. The number of benzene rings is 2. The van der Waals surface area contributed by atoms with Crippen LogP contribution >= 0.6 is 0 Å². The molecule has 0 atom stereocenters. The maximum Gasteiger partial charge on any atom is 0.302 e. The van der Waals surface area contributed by atoms with Crippen LogP contribution in [-0.4, -0.2) is 24.3 Å². The number of carbonyl (C=O) groups is 1. The number of esters is 1. The van der Waals surface area contributed by atoms with Crippen molar-refractivity contribution in [3.8, 4) is 11.1 Å². The van der Waals surface area contributed by atoms with Crippen LogP contribution in [0.3, 0.4) is 0 Å². The molecule has 4 heteroatoms. The van der Waals surface area contributed by atoms with Crippen LogP contribution < -0.4 is 0 Å². The van der Waals surface area contributed by atoms with E-state index in [0.717, 1.165) is 42.2 Å². The van der Waals surface area contributed by atoms with Crippen molar-refractivity contribution >= 4 is 5.97 Å². The summed E-state index contributed by atoms with van der Waals surface area (Å²) in [4.78, 5) is 10.8. The third-order valence-electron chi connectivity index (χ3n) is 7.37. The highest BCUT2D eigenvalue weighted by Crippen LogP contribution is 2.34. The Labute approximate surface area is 224 Å². The highest BCUT2D eigenvalue weighted by Gasteiger charge is 2.20. The van der Waals surface area contributed by atoms with E-state index in [1.54, 1.807) is 6.07 Å². The summed E-state index contributed by atoms with van der Waals surface area (Å²) in [5.41, 5.74) is 3.86. The van der Waals surface area contributed by atoms with Gasteiger partial charge in [0.15, 0.2) is 0 Å². The van der Waals surface area contributed by atoms with Crippen molar-refractivity contribution in [2.24, 2.45) is 11.8 Å². The number of rotatable bonds is 13. The molecular formula is C33H47FO3. The summed E-state index contributed by atoms with van der Waals surface area (Å²) in [6, 6.07) is 13.8. The predicted octanol–water partition coefficient (Wildman–Crippen LogP) is 8.47. The molecule has 0 aromatic heterocycles. The Morgan fingerprint density at radius 1 is 0.973 bits per heavy atom. The van der Waals surface area contributed by atoms with Gasteiger partial charge in [-0.05, 0) is 60.3 Å². The average Bonchev–Trinajstić information content (AvgIpc) is 2.91. The number of unbranched alkanes of at least 4 members (excludes halogenated alkanes) is 2. The normalized spacial score (nSPS) is 17.0. The first-order chi connectivity index (χ1) is 18.0. The first-order valence-corrected chi connectivity index (χ1v) is 14.2. The van der Waals surface area contributed by atoms with E-state index < -0.39 is 0 Å². The van der Waals surface area contributed by atoms with E-state index in [0.29, 0.717) is 12.2 Å². The lowest BCUT2D eigenvalue weighted by Crippen LogP contribution is -2.15. The molecule has 3 rings (SSSR count). The summed E-state index contributed by atoms with van der Waals surface area (Å²) >= 11 is 0. The van der Waals surface area contributed by atoms with Gasteiger partial charge in [-0.1, -0.05) is 101 Å². The average molecular weight is 511 g/mol. The fourth-order valence-electron chi connectivity index (χ4n) is 5.15. The lowest BCUT2D eigenvalue weighted by atomic mass is 9.78. The molecule has 1 aliphatic rings. The molecule has 2 aromatic rings. The minimum absolute atomic E-state index is 0.0833. The van der Waals surface area contributed by atoms with Crippen LogP contribution in [0.25, 0.3) is 11.1 Å². The van der Waals surface area contributed by atoms with Crippen LogP contribution in [0.4, 0.5) is 4.39 Å². The lowest BCUT2D eigenvalue weighted by molar-refractivity contribution is -0.141. The second-order valence-electron chi connectivity index (χ2n) is 10.3. The number of aliphatic hydroxyl groups is 1. The summed E-state index contributed by atoms with van der Waals surface area (Å²) in [5.74, 6) is 1.39. The molecule has 2 aromatic carbocycles. The van der Waals surface area contributed by atoms with Gasteiger partial charge >= 0.3 is 5.97 Å². The summed E-state index contributed by atoms with van der Waals surface area (Å²) in [7, 11) is 0. The number of carbonyl (C=O) groups excluding carboxylic acids is 1. The number of aliphatic hydroxyl groups excluding tert-OH is 1. The second kappa shape index (κ2) is 17.9. The molecule has 0 amide bonds. The van der Waals surface area contributed by atoms with Gasteiger partial charge in [0, 0.05) is 12.5 Å². The minimum Gasteiger partial charge on any atom is -0.466 e. The molecule has 1 aliphatic carbocycles. The molecule has 3 nitrogen and oxygen atoms in total. The Bertz CT molecular complexity index is 914. The number of ether oxygens (including phenoxy) is 1. The number of halogens is 1. The van der Waals surface area contributed by atoms with Crippen molar-refractivity contribution in [3.05, 3.63) is 72.1 Å². The molecule has 0 saturated heterocycles. The summed E-state index contributed by atoms with van der Waals surface area (Å²) in [5, 5.41) is 7.76. The highest BCUT2D eigenvalue weighted by molar-refractivity contribution is 5.66. The molecule has 37 heavy (non-hydrogen) atoms. The maximum absolute atomic E-state index is 14.9. The van der Waals surface area contributed by atoms with Gasteiger partial charge in [-0.3, -0.25) is 4.79 Å². The third kappa shape index (κ3) is 12.1. The molecule has 0 bridgehead atoms. The zero-order chi connectivity index (χ0) is 26.9. The van der Waals surface area contributed by atoms with Crippen LogP contribution in [0.15, 0.2) is 55.1 Å². The molecule has 1 saturated carbocycles. The topological polar surface area (TPSA) is 46.5 Å². The van der Waals surface area contributed by atoms with E-state index >= 15 is 0 Å². The van der Waals surface area contributed by atoms with Gasteiger partial charge in [0.1, 0.15) is 5.82 Å². The Balaban J connectivity index is 0.00000112. The SMILES string of the molecule is C=CCO.CCCCCC1CCC(CCc2ccc(-c3ccc(CCCOC(C)=O)cc3)c(F)c2)CC1. The van der Waals surface area contributed by atoms with Crippen LogP contribution in [-0.2, 0) is 22.4 Å². The van der Waals surface area contributed by atoms with E-state index in [4.69, 9.17) is 9.84 Å². The molecule has 0 radical (unpaired) electrons. The van der Waals surface area contributed by atoms with Gasteiger partial charge < -0.3 is 9.84 Å². The second-order valence-corrected chi connectivity index (χ2v) is 10.3. The van der Waals surface area contributed by atoms with Crippen LogP contribution in [0, 0.1) is 17.7 Å².